The summed E-state index contributed by atoms with van der Waals surface area (Å²) in [4.78, 5) is 13.0. The highest BCUT2D eigenvalue weighted by Crippen LogP contribution is 2.28. The van der Waals surface area contributed by atoms with Gasteiger partial charge in [0.1, 0.15) is 6.04 Å². The van der Waals surface area contributed by atoms with Crippen molar-refractivity contribution < 1.29 is 9.90 Å². The maximum absolute atomic E-state index is 11.0. The summed E-state index contributed by atoms with van der Waals surface area (Å²) in [6, 6.07) is 5.16. The molecule has 0 spiro atoms. The monoisotopic (exact) mass is 315 g/mol. The lowest BCUT2D eigenvalue weighted by molar-refractivity contribution is -0.143. The summed E-state index contributed by atoms with van der Waals surface area (Å²) in [6.45, 7) is 3.41. The van der Waals surface area contributed by atoms with E-state index >= 15 is 0 Å². The van der Waals surface area contributed by atoms with Gasteiger partial charge in [0.2, 0.25) is 0 Å². The number of benzene rings is 1. The zero-order chi connectivity index (χ0) is 14.7. The van der Waals surface area contributed by atoms with Crippen molar-refractivity contribution in [2.45, 2.75) is 32.2 Å². The predicted molar refractivity (Wildman–Crippen MR) is 81.6 cm³/mol. The molecule has 0 bridgehead atoms. The lowest BCUT2D eigenvalue weighted by Crippen LogP contribution is -2.44. The summed E-state index contributed by atoms with van der Waals surface area (Å²) in [5, 5.41) is 10.5. The predicted octanol–water partition coefficient (Wildman–Crippen LogP) is 3.72. The lowest BCUT2D eigenvalue weighted by atomic mass is 9.89. The van der Waals surface area contributed by atoms with Crippen molar-refractivity contribution in [1.29, 1.82) is 0 Å². The average Bonchev–Trinajstić information content (AvgIpc) is 2.43. The van der Waals surface area contributed by atoms with E-state index < -0.39 is 12.0 Å². The highest BCUT2D eigenvalue weighted by atomic mass is 35.5. The number of likely N-dealkylation sites (tertiary alicyclic amines) is 1. The van der Waals surface area contributed by atoms with E-state index in [0.717, 1.165) is 42.9 Å². The summed E-state index contributed by atoms with van der Waals surface area (Å²) < 4.78 is 0. The number of carboxylic acid groups (broad SMARTS) is 1. The molecule has 20 heavy (non-hydrogen) atoms. The Bertz CT molecular complexity index is 485. The molecule has 1 N–H and O–H groups in total. The molecule has 0 aromatic heterocycles. The molecule has 1 atom stereocenters. The highest BCUT2D eigenvalue weighted by Gasteiger charge is 2.26. The third kappa shape index (κ3) is 3.87. The van der Waals surface area contributed by atoms with E-state index in [0.29, 0.717) is 10.9 Å². The van der Waals surface area contributed by atoms with Crippen LogP contribution in [0.4, 0.5) is 0 Å². The Kier molecular flexibility index (Phi) is 5.30. The van der Waals surface area contributed by atoms with Crippen LogP contribution in [-0.2, 0) is 11.2 Å². The molecule has 0 radical (unpaired) electrons. The van der Waals surface area contributed by atoms with Gasteiger partial charge in [-0.2, -0.15) is 0 Å². The van der Waals surface area contributed by atoms with Crippen LogP contribution in [0, 0.1) is 5.92 Å². The van der Waals surface area contributed by atoms with Gasteiger partial charge in [0.05, 0.1) is 0 Å². The van der Waals surface area contributed by atoms with E-state index in [1.807, 2.05) is 17.0 Å². The average molecular weight is 316 g/mol. The third-order valence-corrected chi connectivity index (χ3v) is 4.67. The summed E-state index contributed by atoms with van der Waals surface area (Å²) in [6.07, 6.45) is 2.91. The first-order chi connectivity index (χ1) is 9.47. The van der Waals surface area contributed by atoms with Crippen molar-refractivity contribution in [1.82, 2.24) is 4.90 Å². The van der Waals surface area contributed by atoms with E-state index in [1.165, 1.54) is 0 Å². The molecule has 0 unspecified atom stereocenters. The molecule has 1 aliphatic heterocycles. The fourth-order valence-electron chi connectivity index (χ4n) is 2.71. The highest BCUT2D eigenvalue weighted by molar-refractivity contribution is 6.33. The van der Waals surface area contributed by atoms with Gasteiger partial charge in [0.15, 0.2) is 0 Å². The molecular formula is C15H19Cl2NO2. The van der Waals surface area contributed by atoms with E-state index in [2.05, 4.69) is 0 Å². The molecule has 1 heterocycles. The number of nitrogens with zero attached hydrogens (tertiary/aromatic N) is 1. The van der Waals surface area contributed by atoms with Crippen molar-refractivity contribution in [3.63, 3.8) is 0 Å². The first-order valence-corrected chi connectivity index (χ1v) is 7.63. The van der Waals surface area contributed by atoms with Crippen LogP contribution < -0.4 is 0 Å². The van der Waals surface area contributed by atoms with Gasteiger partial charge >= 0.3 is 5.97 Å². The molecule has 1 fully saturated rings. The first kappa shape index (κ1) is 15.6. The zero-order valence-corrected chi connectivity index (χ0v) is 13.0. The SMILES string of the molecule is C[C@H](C(=O)O)N1CCC(Cc2cc(Cl)ccc2Cl)CC1. The normalized spacial score (nSPS) is 18.9. The second-order valence-electron chi connectivity index (χ2n) is 5.43. The minimum absolute atomic E-state index is 0.397. The zero-order valence-electron chi connectivity index (χ0n) is 11.5. The Morgan fingerprint density at radius 1 is 1.40 bits per heavy atom. The maximum atomic E-state index is 11.0. The Morgan fingerprint density at radius 2 is 2.05 bits per heavy atom. The van der Waals surface area contributed by atoms with Crippen LogP contribution >= 0.6 is 23.2 Å². The number of aliphatic carboxylic acids is 1. The van der Waals surface area contributed by atoms with E-state index in [9.17, 15) is 4.79 Å². The van der Waals surface area contributed by atoms with Crippen LogP contribution in [-0.4, -0.2) is 35.1 Å². The van der Waals surface area contributed by atoms with E-state index in [4.69, 9.17) is 28.3 Å². The molecule has 2 rings (SSSR count). The minimum Gasteiger partial charge on any atom is -0.480 e. The number of hydrogen-bond donors (Lipinski definition) is 1. The van der Waals surface area contributed by atoms with Gasteiger partial charge in [-0.1, -0.05) is 23.2 Å². The van der Waals surface area contributed by atoms with Crippen molar-refractivity contribution in [3.8, 4) is 0 Å². The smallest absolute Gasteiger partial charge is 0.320 e. The van der Waals surface area contributed by atoms with Crippen molar-refractivity contribution in [2.24, 2.45) is 5.92 Å². The van der Waals surface area contributed by atoms with Gasteiger partial charge < -0.3 is 5.11 Å². The van der Waals surface area contributed by atoms with Crippen LogP contribution in [0.15, 0.2) is 18.2 Å². The summed E-state index contributed by atoms with van der Waals surface area (Å²) in [7, 11) is 0. The Morgan fingerprint density at radius 3 is 2.65 bits per heavy atom. The Hall–Kier alpha value is -0.770. The number of halogens is 2. The van der Waals surface area contributed by atoms with Gasteiger partial charge in [0, 0.05) is 10.0 Å². The first-order valence-electron chi connectivity index (χ1n) is 6.88. The molecule has 1 aromatic carbocycles. The maximum Gasteiger partial charge on any atom is 0.320 e. The van der Waals surface area contributed by atoms with Crippen LogP contribution in [0.25, 0.3) is 0 Å². The fraction of sp³-hybridized carbons (Fsp3) is 0.533. The molecule has 3 nitrogen and oxygen atoms in total. The van der Waals surface area contributed by atoms with Crippen LogP contribution in [0.1, 0.15) is 25.3 Å². The van der Waals surface area contributed by atoms with Crippen molar-refractivity contribution in [2.75, 3.05) is 13.1 Å². The molecule has 0 aliphatic carbocycles. The topological polar surface area (TPSA) is 40.5 Å². The number of hydrogen-bond acceptors (Lipinski definition) is 2. The third-order valence-electron chi connectivity index (χ3n) is 4.07. The molecule has 110 valence electrons. The number of carbonyl (C=O) groups is 1. The number of carboxylic acids is 1. The number of piperidine rings is 1. The van der Waals surface area contributed by atoms with Crippen LogP contribution in [0.2, 0.25) is 10.0 Å². The largest absolute Gasteiger partial charge is 0.480 e. The van der Waals surface area contributed by atoms with Crippen molar-refractivity contribution in [3.05, 3.63) is 33.8 Å². The van der Waals surface area contributed by atoms with Crippen LogP contribution in [0.3, 0.4) is 0 Å². The van der Waals surface area contributed by atoms with Crippen LogP contribution in [0.5, 0.6) is 0 Å². The second kappa shape index (κ2) is 6.79. The van der Waals surface area contributed by atoms with Gasteiger partial charge in [-0.25, -0.2) is 0 Å². The number of rotatable bonds is 4. The van der Waals surface area contributed by atoms with Gasteiger partial charge in [-0.3, -0.25) is 9.69 Å². The molecular weight excluding hydrogens is 297 g/mol. The summed E-state index contributed by atoms with van der Waals surface area (Å²) in [5.74, 6) is -0.204. The Balaban J connectivity index is 1.91. The second-order valence-corrected chi connectivity index (χ2v) is 6.28. The summed E-state index contributed by atoms with van der Waals surface area (Å²) >= 11 is 12.2. The van der Waals surface area contributed by atoms with Gasteiger partial charge in [-0.15, -0.1) is 0 Å². The molecule has 0 amide bonds. The van der Waals surface area contributed by atoms with Crippen molar-refractivity contribution >= 4 is 29.2 Å². The van der Waals surface area contributed by atoms with Gasteiger partial charge in [-0.05, 0) is 69.0 Å². The van der Waals surface area contributed by atoms with E-state index in [1.54, 1.807) is 13.0 Å². The Labute approximate surface area is 129 Å². The molecule has 0 saturated carbocycles. The lowest BCUT2D eigenvalue weighted by Gasteiger charge is -2.34. The summed E-state index contributed by atoms with van der Waals surface area (Å²) in [5.41, 5.74) is 1.09. The fourth-order valence-corrected chi connectivity index (χ4v) is 3.10. The molecule has 5 heteroatoms. The molecule has 1 aromatic rings. The minimum atomic E-state index is -0.749. The standard InChI is InChI=1S/C15H19Cl2NO2/c1-10(15(19)20)18-6-4-11(5-7-18)8-12-9-13(16)2-3-14(12)17/h2-3,9-11H,4-8H2,1H3,(H,19,20)/t10-/m1/s1. The molecule has 1 saturated heterocycles. The quantitative estimate of drug-likeness (QED) is 0.920. The molecule has 1 aliphatic rings. The van der Waals surface area contributed by atoms with Gasteiger partial charge in [0.25, 0.3) is 0 Å². The van der Waals surface area contributed by atoms with E-state index in [-0.39, 0.29) is 0 Å².